The number of rotatable bonds is 7. The molecule has 3 rings (SSSR count). The first-order valence-corrected chi connectivity index (χ1v) is 10.1. The lowest BCUT2D eigenvalue weighted by Gasteiger charge is -2.24. The van der Waals surface area contributed by atoms with Gasteiger partial charge in [0.2, 0.25) is 10.0 Å². The van der Waals surface area contributed by atoms with Crippen LogP contribution >= 0.6 is 0 Å². The van der Waals surface area contributed by atoms with E-state index in [4.69, 9.17) is 0 Å². The van der Waals surface area contributed by atoms with Crippen molar-refractivity contribution in [3.05, 3.63) is 29.8 Å². The highest BCUT2D eigenvalue weighted by molar-refractivity contribution is 7.93. The lowest BCUT2D eigenvalue weighted by molar-refractivity contribution is 0.250. The predicted octanol–water partition coefficient (Wildman–Crippen LogP) is 2.04. The van der Waals surface area contributed by atoms with Gasteiger partial charge in [0.25, 0.3) is 0 Å². The molecule has 6 heteroatoms. The SMILES string of the molecule is CC(NC(CCO)C1CC1)c1cccc(N2CCCS2(=O)=O)c1. The summed E-state index contributed by atoms with van der Waals surface area (Å²) in [5.74, 6) is 0.914. The zero-order valence-electron chi connectivity index (χ0n) is 13.6. The van der Waals surface area contributed by atoms with E-state index >= 15 is 0 Å². The molecule has 2 N–H and O–H groups in total. The summed E-state index contributed by atoms with van der Waals surface area (Å²) < 4.78 is 25.7. The summed E-state index contributed by atoms with van der Waals surface area (Å²) in [5.41, 5.74) is 1.85. The summed E-state index contributed by atoms with van der Waals surface area (Å²) >= 11 is 0. The van der Waals surface area contributed by atoms with Gasteiger partial charge in [0.05, 0.1) is 11.4 Å². The van der Waals surface area contributed by atoms with Gasteiger partial charge in [-0.3, -0.25) is 4.31 Å². The molecule has 2 unspecified atom stereocenters. The third-order valence-electron chi connectivity index (χ3n) is 4.85. The maximum atomic E-state index is 12.1. The summed E-state index contributed by atoms with van der Waals surface area (Å²) in [7, 11) is -3.14. The van der Waals surface area contributed by atoms with Crippen molar-refractivity contribution < 1.29 is 13.5 Å². The number of sulfonamides is 1. The standard InChI is InChI=1S/C17H26N2O3S/c1-13(18-17(8-10-20)14-6-7-14)15-4-2-5-16(12-15)19-9-3-11-23(19,21)22/h2,4-5,12-14,17-18,20H,3,6-11H2,1H3. The minimum atomic E-state index is -3.14. The highest BCUT2D eigenvalue weighted by Gasteiger charge is 2.32. The van der Waals surface area contributed by atoms with Crippen molar-refractivity contribution in [2.45, 2.75) is 44.7 Å². The van der Waals surface area contributed by atoms with E-state index in [9.17, 15) is 13.5 Å². The van der Waals surface area contributed by atoms with E-state index in [1.165, 1.54) is 17.1 Å². The van der Waals surface area contributed by atoms with Gasteiger partial charge in [0.15, 0.2) is 0 Å². The minimum absolute atomic E-state index is 0.136. The van der Waals surface area contributed by atoms with Crippen LogP contribution in [0.25, 0.3) is 0 Å². The van der Waals surface area contributed by atoms with E-state index in [1.807, 2.05) is 24.3 Å². The predicted molar refractivity (Wildman–Crippen MR) is 92.0 cm³/mol. The van der Waals surface area contributed by atoms with Gasteiger partial charge < -0.3 is 10.4 Å². The van der Waals surface area contributed by atoms with Crippen LogP contribution in [0.4, 0.5) is 5.69 Å². The second kappa shape index (κ2) is 6.79. The van der Waals surface area contributed by atoms with Crippen LogP contribution in [0.1, 0.15) is 44.2 Å². The molecule has 2 atom stereocenters. The number of aliphatic hydroxyl groups excluding tert-OH is 1. The van der Waals surface area contributed by atoms with Gasteiger partial charge in [-0.25, -0.2) is 8.42 Å². The molecule has 0 radical (unpaired) electrons. The van der Waals surface area contributed by atoms with Gasteiger partial charge in [0, 0.05) is 25.2 Å². The van der Waals surface area contributed by atoms with E-state index in [0.29, 0.717) is 24.9 Å². The fourth-order valence-electron chi connectivity index (χ4n) is 3.39. The van der Waals surface area contributed by atoms with Crippen LogP contribution in [-0.2, 0) is 10.0 Å². The number of aliphatic hydroxyl groups is 1. The smallest absolute Gasteiger partial charge is 0.235 e. The molecule has 1 aliphatic heterocycles. The molecule has 23 heavy (non-hydrogen) atoms. The van der Waals surface area contributed by atoms with Crippen molar-refractivity contribution in [2.24, 2.45) is 5.92 Å². The Morgan fingerprint density at radius 3 is 2.78 bits per heavy atom. The maximum Gasteiger partial charge on any atom is 0.235 e. The summed E-state index contributed by atoms with van der Waals surface area (Å²) in [6.07, 6.45) is 3.93. The van der Waals surface area contributed by atoms with E-state index < -0.39 is 10.0 Å². The number of nitrogens with zero attached hydrogens (tertiary/aromatic N) is 1. The first-order valence-electron chi connectivity index (χ1n) is 8.48. The molecule has 0 aromatic heterocycles. The van der Waals surface area contributed by atoms with Gasteiger partial charge in [-0.05, 0) is 56.2 Å². The average Bonchev–Trinajstić information content (AvgIpc) is 3.30. The summed E-state index contributed by atoms with van der Waals surface area (Å²) in [6.45, 7) is 2.88. The van der Waals surface area contributed by atoms with Gasteiger partial charge in [-0.2, -0.15) is 0 Å². The van der Waals surface area contributed by atoms with Crippen molar-refractivity contribution in [1.29, 1.82) is 0 Å². The molecule has 2 fully saturated rings. The molecule has 1 heterocycles. The van der Waals surface area contributed by atoms with Crippen LogP contribution in [0.3, 0.4) is 0 Å². The Labute approximate surface area is 138 Å². The molecule has 2 aliphatic rings. The van der Waals surface area contributed by atoms with Crippen LogP contribution in [0.5, 0.6) is 0 Å². The number of nitrogens with one attached hydrogen (secondary N) is 1. The van der Waals surface area contributed by atoms with Crippen LogP contribution in [0, 0.1) is 5.92 Å². The summed E-state index contributed by atoms with van der Waals surface area (Å²) in [4.78, 5) is 0. The molecule has 1 aliphatic carbocycles. The molecule has 5 nitrogen and oxygen atoms in total. The third kappa shape index (κ3) is 3.87. The number of benzene rings is 1. The second-order valence-corrected chi connectivity index (χ2v) is 8.69. The van der Waals surface area contributed by atoms with Crippen molar-refractivity contribution in [3.8, 4) is 0 Å². The molecule has 1 aromatic carbocycles. The maximum absolute atomic E-state index is 12.1. The zero-order valence-corrected chi connectivity index (χ0v) is 14.4. The highest BCUT2D eigenvalue weighted by atomic mass is 32.2. The lowest BCUT2D eigenvalue weighted by atomic mass is 10.0. The van der Waals surface area contributed by atoms with E-state index in [0.717, 1.165) is 17.7 Å². The van der Waals surface area contributed by atoms with Crippen LogP contribution in [-0.4, -0.2) is 38.5 Å². The van der Waals surface area contributed by atoms with Crippen LogP contribution < -0.4 is 9.62 Å². The Morgan fingerprint density at radius 1 is 1.39 bits per heavy atom. The number of hydrogen-bond donors (Lipinski definition) is 2. The van der Waals surface area contributed by atoms with E-state index in [2.05, 4.69) is 12.2 Å². The molecule has 1 aromatic rings. The molecule has 0 amide bonds. The first kappa shape index (κ1) is 16.7. The van der Waals surface area contributed by atoms with E-state index in [-0.39, 0.29) is 18.4 Å². The quantitative estimate of drug-likeness (QED) is 0.798. The molecule has 0 spiro atoms. The second-order valence-electron chi connectivity index (χ2n) is 6.68. The Morgan fingerprint density at radius 2 is 2.17 bits per heavy atom. The van der Waals surface area contributed by atoms with Crippen molar-refractivity contribution in [2.75, 3.05) is 23.2 Å². The zero-order chi connectivity index (χ0) is 16.4. The lowest BCUT2D eigenvalue weighted by Crippen LogP contribution is -2.34. The fraction of sp³-hybridized carbons (Fsp3) is 0.647. The normalized spacial score (nSPS) is 23.0. The van der Waals surface area contributed by atoms with Crippen LogP contribution in [0.2, 0.25) is 0 Å². The van der Waals surface area contributed by atoms with Crippen molar-refractivity contribution >= 4 is 15.7 Å². The fourth-order valence-corrected chi connectivity index (χ4v) is 4.95. The van der Waals surface area contributed by atoms with Gasteiger partial charge in [0.1, 0.15) is 0 Å². The average molecular weight is 338 g/mol. The third-order valence-corrected chi connectivity index (χ3v) is 6.72. The van der Waals surface area contributed by atoms with Crippen molar-refractivity contribution in [1.82, 2.24) is 5.32 Å². The summed E-state index contributed by atoms with van der Waals surface area (Å²) in [6, 6.07) is 8.28. The minimum Gasteiger partial charge on any atom is -0.396 e. The van der Waals surface area contributed by atoms with Crippen LogP contribution in [0.15, 0.2) is 24.3 Å². The Kier molecular flexibility index (Phi) is 4.94. The summed E-state index contributed by atoms with van der Waals surface area (Å²) in [5, 5.41) is 12.8. The highest BCUT2D eigenvalue weighted by Crippen LogP contribution is 2.35. The Hall–Kier alpha value is -1.11. The monoisotopic (exact) mass is 338 g/mol. The molecular weight excluding hydrogens is 312 g/mol. The molecular formula is C17H26N2O3S. The van der Waals surface area contributed by atoms with Gasteiger partial charge >= 0.3 is 0 Å². The van der Waals surface area contributed by atoms with Gasteiger partial charge in [-0.15, -0.1) is 0 Å². The molecule has 0 bridgehead atoms. The number of hydrogen-bond acceptors (Lipinski definition) is 4. The Bertz CT molecular complexity index is 643. The topological polar surface area (TPSA) is 69.6 Å². The Balaban J connectivity index is 1.73. The van der Waals surface area contributed by atoms with E-state index in [1.54, 1.807) is 0 Å². The molecule has 128 valence electrons. The van der Waals surface area contributed by atoms with Crippen molar-refractivity contribution in [3.63, 3.8) is 0 Å². The number of anilines is 1. The molecule has 1 saturated carbocycles. The molecule has 1 saturated heterocycles. The van der Waals surface area contributed by atoms with Gasteiger partial charge in [-0.1, -0.05) is 12.1 Å². The first-order chi connectivity index (χ1) is 11.0. The largest absolute Gasteiger partial charge is 0.396 e.